The van der Waals surface area contributed by atoms with E-state index in [9.17, 15) is 24.3 Å². The molecule has 1 saturated heterocycles. The Hall–Kier alpha value is -2.20. The van der Waals surface area contributed by atoms with Crippen LogP contribution in [0.25, 0.3) is 0 Å². The molecule has 0 aromatic carbocycles. The van der Waals surface area contributed by atoms with Gasteiger partial charge in [-0.15, -0.1) is 0 Å². The van der Waals surface area contributed by atoms with E-state index in [0.29, 0.717) is 0 Å². The van der Waals surface area contributed by atoms with Crippen LogP contribution in [-0.4, -0.2) is 66.3 Å². The smallest absolute Gasteiger partial charge is 0.313 e. The number of aliphatic hydroxyl groups is 1. The van der Waals surface area contributed by atoms with Gasteiger partial charge in [0, 0.05) is 0 Å². The first-order chi connectivity index (χ1) is 16.0. The zero-order chi connectivity index (χ0) is 28.4. The normalized spacial score (nSPS) is 24.0. The second-order valence-electron chi connectivity index (χ2n) is 13.3. The van der Waals surface area contributed by atoms with Gasteiger partial charge < -0.3 is 28.8 Å². The third kappa shape index (κ3) is 8.73. The van der Waals surface area contributed by atoms with Crippen LogP contribution in [0.2, 0.25) is 0 Å². The van der Waals surface area contributed by atoms with Gasteiger partial charge in [-0.1, -0.05) is 0 Å². The average molecular weight is 517 g/mol. The molecule has 0 bridgehead atoms. The molecule has 1 rings (SSSR count). The van der Waals surface area contributed by atoms with Gasteiger partial charge in [-0.2, -0.15) is 0 Å². The van der Waals surface area contributed by atoms with E-state index in [2.05, 4.69) is 0 Å². The van der Waals surface area contributed by atoms with Crippen LogP contribution in [0.1, 0.15) is 83.1 Å². The van der Waals surface area contributed by atoms with Crippen LogP contribution in [0, 0.1) is 21.7 Å². The first kappa shape index (κ1) is 31.8. The number of carbonyl (C=O) groups excluding carboxylic acids is 4. The zero-order valence-corrected chi connectivity index (χ0v) is 23.7. The molecule has 1 aliphatic rings. The average Bonchev–Trinajstić information content (AvgIpc) is 2.99. The lowest BCUT2D eigenvalue weighted by molar-refractivity contribution is -0.210. The molecule has 0 radical (unpaired) electrons. The molecule has 0 aromatic heterocycles. The lowest BCUT2D eigenvalue weighted by Crippen LogP contribution is -2.48. The highest BCUT2D eigenvalue weighted by atomic mass is 16.8. The number of aliphatic hydroxyl groups excluding tert-OH is 1. The summed E-state index contributed by atoms with van der Waals surface area (Å²) in [5.41, 5.74) is -3.61. The highest BCUT2D eigenvalue weighted by molar-refractivity contribution is 5.78. The molecule has 0 aromatic rings. The minimum Gasteiger partial charge on any atom is -0.462 e. The fraction of sp³-hybridized carbons (Fsp3) is 0.846. The van der Waals surface area contributed by atoms with Gasteiger partial charge in [0.15, 0.2) is 6.10 Å². The van der Waals surface area contributed by atoms with Crippen molar-refractivity contribution in [1.82, 2.24) is 0 Å². The van der Waals surface area contributed by atoms with Crippen molar-refractivity contribution in [3.8, 4) is 0 Å². The van der Waals surface area contributed by atoms with E-state index < -0.39 is 82.8 Å². The van der Waals surface area contributed by atoms with Gasteiger partial charge in [0.1, 0.15) is 18.8 Å². The maximum absolute atomic E-state index is 12.8. The van der Waals surface area contributed by atoms with Crippen molar-refractivity contribution in [2.45, 2.75) is 114 Å². The molecular formula is C26H44O10. The van der Waals surface area contributed by atoms with Crippen molar-refractivity contribution in [3.05, 3.63) is 0 Å². The molecule has 5 atom stereocenters. The summed E-state index contributed by atoms with van der Waals surface area (Å²) in [7, 11) is 0. The zero-order valence-electron chi connectivity index (χ0n) is 23.7. The maximum atomic E-state index is 12.8. The molecule has 0 amide bonds. The van der Waals surface area contributed by atoms with E-state index in [4.69, 9.17) is 23.7 Å². The molecule has 1 N–H and O–H groups in total. The Morgan fingerprint density at radius 1 is 0.639 bits per heavy atom. The summed E-state index contributed by atoms with van der Waals surface area (Å²) in [6, 6.07) is 0. The number of carbonyl (C=O) groups is 4. The molecule has 2 unspecified atom stereocenters. The summed E-state index contributed by atoms with van der Waals surface area (Å²) in [5, 5.41) is 10.9. The molecule has 0 saturated carbocycles. The Labute approximate surface area is 214 Å². The summed E-state index contributed by atoms with van der Waals surface area (Å²) in [4.78, 5) is 50.5. The largest absolute Gasteiger partial charge is 0.462 e. The Bertz CT molecular complexity index is 820. The Balaban J connectivity index is 3.39. The van der Waals surface area contributed by atoms with Crippen LogP contribution in [-0.2, 0) is 42.9 Å². The van der Waals surface area contributed by atoms with Crippen LogP contribution in [0.3, 0.4) is 0 Å². The molecule has 10 heteroatoms. The van der Waals surface area contributed by atoms with Gasteiger partial charge >= 0.3 is 23.9 Å². The van der Waals surface area contributed by atoms with Gasteiger partial charge in [0.25, 0.3) is 0 Å². The molecule has 1 fully saturated rings. The van der Waals surface area contributed by atoms with Crippen LogP contribution in [0.5, 0.6) is 0 Å². The molecule has 1 aliphatic heterocycles. The summed E-state index contributed by atoms with van der Waals surface area (Å²) in [5.74, 6) is -2.52. The second kappa shape index (κ2) is 11.0. The monoisotopic (exact) mass is 516 g/mol. The summed E-state index contributed by atoms with van der Waals surface area (Å²) in [6.07, 6.45) is -6.99. The lowest BCUT2D eigenvalue weighted by atomic mass is 9.96. The van der Waals surface area contributed by atoms with Crippen LogP contribution in [0.15, 0.2) is 0 Å². The topological polar surface area (TPSA) is 135 Å². The Morgan fingerprint density at radius 3 is 1.39 bits per heavy atom. The minimum absolute atomic E-state index is 0.482. The molecule has 0 spiro atoms. The third-order valence-corrected chi connectivity index (χ3v) is 5.13. The van der Waals surface area contributed by atoms with Gasteiger partial charge in [-0.25, -0.2) is 0 Å². The van der Waals surface area contributed by atoms with Crippen molar-refractivity contribution < 1.29 is 48.0 Å². The summed E-state index contributed by atoms with van der Waals surface area (Å²) < 4.78 is 27.9. The van der Waals surface area contributed by atoms with E-state index >= 15 is 0 Å². The van der Waals surface area contributed by atoms with E-state index in [0.717, 1.165) is 0 Å². The summed E-state index contributed by atoms with van der Waals surface area (Å²) in [6.45, 7) is 19.2. The fourth-order valence-electron chi connectivity index (χ4n) is 2.67. The number of hydrogen-bond acceptors (Lipinski definition) is 10. The van der Waals surface area contributed by atoms with Gasteiger partial charge in [-0.05, 0) is 83.1 Å². The highest BCUT2D eigenvalue weighted by Crippen LogP contribution is 2.34. The van der Waals surface area contributed by atoms with Crippen molar-refractivity contribution in [2.24, 2.45) is 21.7 Å². The van der Waals surface area contributed by atoms with E-state index in [1.54, 1.807) is 83.1 Å². The van der Waals surface area contributed by atoms with Gasteiger partial charge in [-0.3, -0.25) is 19.2 Å². The molecule has 36 heavy (non-hydrogen) atoms. The number of ether oxygens (including phenoxy) is 5. The Morgan fingerprint density at radius 2 is 1.00 bits per heavy atom. The van der Waals surface area contributed by atoms with Crippen LogP contribution >= 0.6 is 0 Å². The molecule has 1 heterocycles. The highest BCUT2D eigenvalue weighted by Gasteiger charge is 2.56. The third-order valence-electron chi connectivity index (χ3n) is 5.13. The molecule has 208 valence electrons. The predicted octanol–water partition coefficient (Wildman–Crippen LogP) is 3.17. The number of hydrogen-bond donors (Lipinski definition) is 1. The standard InChI is InChI=1S/C26H44O10/c1-23(2,3)19(28)32-13-14(27)15-16(34-20(29)24(4,5)6)17(35-21(30)25(7,8)9)18(33-15)36-22(31)26(10,11)12/h14-18,27H,13H2,1-12H3/t14?,15-,16-,17?,18-/m0/s1. The molecule has 10 nitrogen and oxygen atoms in total. The molecular weight excluding hydrogens is 472 g/mol. The van der Waals surface area contributed by atoms with E-state index in [-0.39, 0.29) is 0 Å². The van der Waals surface area contributed by atoms with E-state index in [1.807, 2.05) is 0 Å². The fourth-order valence-corrected chi connectivity index (χ4v) is 2.67. The van der Waals surface area contributed by atoms with Crippen LogP contribution in [0.4, 0.5) is 0 Å². The number of esters is 4. The first-order valence-corrected chi connectivity index (χ1v) is 12.1. The number of rotatable bonds is 6. The van der Waals surface area contributed by atoms with Crippen molar-refractivity contribution in [3.63, 3.8) is 0 Å². The van der Waals surface area contributed by atoms with Crippen molar-refractivity contribution >= 4 is 23.9 Å². The van der Waals surface area contributed by atoms with E-state index in [1.165, 1.54) is 0 Å². The Kier molecular flexibility index (Phi) is 9.77. The second-order valence-corrected chi connectivity index (χ2v) is 13.3. The SMILES string of the molecule is CC(C)(C)C(=O)OCC(O)[C@@H]1O[C@@H](OC(=O)C(C)(C)C)C(OC(=O)C(C)(C)C)[C@H]1OC(=O)C(C)(C)C. The predicted molar refractivity (Wildman–Crippen MR) is 129 cm³/mol. The summed E-state index contributed by atoms with van der Waals surface area (Å²) >= 11 is 0. The van der Waals surface area contributed by atoms with Crippen molar-refractivity contribution in [1.29, 1.82) is 0 Å². The quantitative estimate of drug-likeness (QED) is 0.414. The first-order valence-electron chi connectivity index (χ1n) is 12.1. The molecule has 0 aliphatic carbocycles. The van der Waals surface area contributed by atoms with Gasteiger partial charge in [0.05, 0.1) is 21.7 Å². The van der Waals surface area contributed by atoms with Crippen LogP contribution < -0.4 is 0 Å². The van der Waals surface area contributed by atoms with Crippen molar-refractivity contribution in [2.75, 3.05) is 6.61 Å². The maximum Gasteiger partial charge on any atom is 0.313 e. The van der Waals surface area contributed by atoms with Gasteiger partial charge in [0.2, 0.25) is 12.4 Å². The minimum atomic E-state index is -1.48. The lowest BCUT2D eigenvalue weighted by Gasteiger charge is -2.30.